The van der Waals surface area contributed by atoms with Gasteiger partial charge < -0.3 is 9.84 Å². The van der Waals surface area contributed by atoms with Crippen LogP contribution in [-0.2, 0) is 17.8 Å². The highest BCUT2D eigenvalue weighted by atomic mass is 16.5. The molecule has 28 heavy (non-hydrogen) atoms. The van der Waals surface area contributed by atoms with Gasteiger partial charge in [0, 0.05) is 24.9 Å². The molecule has 0 unspecified atom stereocenters. The summed E-state index contributed by atoms with van der Waals surface area (Å²) in [5.74, 6) is 0.977. The smallest absolute Gasteiger partial charge is 0.227 e. The number of hydrogen-bond acceptors (Lipinski definition) is 4. The lowest BCUT2D eigenvalue weighted by Crippen LogP contribution is -2.23. The van der Waals surface area contributed by atoms with Crippen LogP contribution in [0.25, 0.3) is 22.2 Å². The highest BCUT2D eigenvalue weighted by molar-refractivity contribution is 5.86. The lowest BCUT2D eigenvalue weighted by atomic mass is 10.0. The molecule has 5 heteroatoms. The predicted octanol–water partition coefficient (Wildman–Crippen LogP) is 4.45. The van der Waals surface area contributed by atoms with Crippen LogP contribution in [0, 0.1) is 6.92 Å². The molecule has 3 aromatic carbocycles. The van der Waals surface area contributed by atoms with E-state index in [1.165, 1.54) is 10.9 Å². The molecule has 4 aromatic rings. The Morgan fingerprint density at radius 3 is 2.64 bits per heavy atom. The van der Waals surface area contributed by atoms with Crippen LogP contribution in [0.2, 0.25) is 0 Å². The van der Waals surface area contributed by atoms with Crippen LogP contribution in [-0.4, -0.2) is 16.0 Å². The maximum absolute atomic E-state index is 12.2. The summed E-state index contributed by atoms with van der Waals surface area (Å²) in [6, 6.07) is 22.2. The molecule has 1 N–H and O–H groups in total. The number of benzene rings is 3. The van der Waals surface area contributed by atoms with Gasteiger partial charge in [-0.3, -0.25) is 4.79 Å². The summed E-state index contributed by atoms with van der Waals surface area (Å²) in [7, 11) is 0. The number of amides is 1. The van der Waals surface area contributed by atoms with Gasteiger partial charge in [-0.15, -0.1) is 0 Å². The van der Waals surface area contributed by atoms with Crippen molar-refractivity contribution in [1.82, 2.24) is 15.5 Å². The van der Waals surface area contributed by atoms with E-state index in [4.69, 9.17) is 4.52 Å². The van der Waals surface area contributed by atoms with E-state index in [-0.39, 0.29) is 5.91 Å². The summed E-state index contributed by atoms with van der Waals surface area (Å²) in [6.45, 7) is 2.53. The molecule has 0 saturated heterocycles. The Bertz CT molecular complexity index is 1100. The third kappa shape index (κ3) is 4.09. The standard InChI is InChI=1S/C23H21N3O2/c1-16-9-11-18(12-10-16)23-25-22(28-26-23)14-13-21(27)24-15-19-7-4-6-17-5-2-3-8-20(17)19/h2-12H,13-15H2,1H3,(H,24,27). The third-order valence-electron chi connectivity index (χ3n) is 4.70. The second kappa shape index (κ2) is 8.05. The first-order valence-electron chi connectivity index (χ1n) is 9.32. The molecule has 1 amide bonds. The monoisotopic (exact) mass is 371 g/mol. The van der Waals surface area contributed by atoms with E-state index in [2.05, 4.69) is 33.7 Å². The Morgan fingerprint density at radius 2 is 1.79 bits per heavy atom. The summed E-state index contributed by atoms with van der Waals surface area (Å²) in [5, 5.41) is 9.31. The van der Waals surface area contributed by atoms with Gasteiger partial charge in [0.2, 0.25) is 17.6 Å². The fourth-order valence-corrected chi connectivity index (χ4v) is 3.13. The first-order chi connectivity index (χ1) is 13.7. The number of rotatable bonds is 6. The SMILES string of the molecule is Cc1ccc(-c2noc(CCC(=O)NCc3cccc4ccccc34)n2)cc1. The summed E-state index contributed by atoms with van der Waals surface area (Å²) in [4.78, 5) is 16.6. The van der Waals surface area contributed by atoms with Crippen molar-refractivity contribution >= 4 is 16.7 Å². The molecule has 140 valence electrons. The fourth-order valence-electron chi connectivity index (χ4n) is 3.13. The number of carbonyl (C=O) groups is 1. The molecule has 5 nitrogen and oxygen atoms in total. The average molecular weight is 371 g/mol. The van der Waals surface area contributed by atoms with Gasteiger partial charge in [0.15, 0.2) is 0 Å². The van der Waals surface area contributed by atoms with E-state index < -0.39 is 0 Å². The molecule has 0 saturated carbocycles. The molecule has 0 fully saturated rings. The molecule has 4 rings (SSSR count). The minimum atomic E-state index is -0.0389. The molecule has 0 spiro atoms. The second-order valence-corrected chi connectivity index (χ2v) is 6.79. The molecule has 0 aliphatic heterocycles. The van der Waals surface area contributed by atoms with Crippen LogP contribution in [0.3, 0.4) is 0 Å². The summed E-state index contributed by atoms with van der Waals surface area (Å²) < 4.78 is 5.28. The van der Waals surface area contributed by atoms with Crippen molar-refractivity contribution in [2.45, 2.75) is 26.3 Å². The zero-order valence-corrected chi connectivity index (χ0v) is 15.7. The molecule has 0 radical (unpaired) electrons. The number of fused-ring (bicyclic) bond motifs is 1. The van der Waals surface area contributed by atoms with Gasteiger partial charge in [-0.25, -0.2) is 0 Å². The van der Waals surface area contributed by atoms with Crippen molar-refractivity contribution in [3.05, 3.63) is 83.7 Å². The number of nitrogens with one attached hydrogen (secondary N) is 1. The van der Waals surface area contributed by atoms with Crippen molar-refractivity contribution < 1.29 is 9.32 Å². The van der Waals surface area contributed by atoms with Gasteiger partial charge in [0.25, 0.3) is 0 Å². The first kappa shape index (κ1) is 17.9. The minimum Gasteiger partial charge on any atom is -0.352 e. The first-order valence-corrected chi connectivity index (χ1v) is 9.32. The number of hydrogen-bond donors (Lipinski definition) is 1. The zero-order valence-electron chi connectivity index (χ0n) is 15.7. The predicted molar refractivity (Wildman–Crippen MR) is 109 cm³/mol. The summed E-state index contributed by atoms with van der Waals surface area (Å²) >= 11 is 0. The van der Waals surface area contributed by atoms with Gasteiger partial charge in [-0.2, -0.15) is 4.98 Å². The normalized spacial score (nSPS) is 10.9. The Kier molecular flexibility index (Phi) is 5.15. The number of aromatic nitrogens is 2. The van der Waals surface area contributed by atoms with Crippen molar-refractivity contribution in [2.24, 2.45) is 0 Å². The van der Waals surface area contributed by atoms with Crippen molar-refractivity contribution in [3.8, 4) is 11.4 Å². The molecular weight excluding hydrogens is 350 g/mol. The molecule has 0 aliphatic rings. The fraction of sp³-hybridized carbons (Fsp3) is 0.174. The number of nitrogens with zero attached hydrogens (tertiary/aromatic N) is 2. The van der Waals surface area contributed by atoms with E-state index in [0.717, 1.165) is 16.5 Å². The van der Waals surface area contributed by atoms with E-state index in [9.17, 15) is 4.79 Å². The van der Waals surface area contributed by atoms with E-state index >= 15 is 0 Å². The molecular formula is C23H21N3O2. The quantitative estimate of drug-likeness (QED) is 0.544. The van der Waals surface area contributed by atoms with E-state index in [0.29, 0.717) is 31.1 Å². The highest BCUT2D eigenvalue weighted by Gasteiger charge is 2.11. The van der Waals surface area contributed by atoms with E-state index in [1.807, 2.05) is 55.5 Å². The Hall–Kier alpha value is -3.47. The number of carbonyl (C=O) groups excluding carboxylic acids is 1. The lowest BCUT2D eigenvalue weighted by Gasteiger charge is -2.08. The number of aryl methyl sites for hydroxylation is 2. The third-order valence-corrected chi connectivity index (χ3v) is 4.70. The Labute approximate surface area is 163 Å². The van der Waals surface area contributed by atoms with Gasteiger partial charge >= 0.3 is 0 Å². The van der Waals surface area contributed by atoms with E-state index in [1.54, 1.807) is 0 Å². The van der Waals surface area contributed by atoms with Crippen LogP contribution < -0.4 is 5.32 Å². The lowest BCUT2D eigenvalue weighted by molar-refractivity contribution is -0.121. The van der Waals surface area contributed by atoms with Crippen molar-refractivity contribution in [2.75, 3.05) is 0 Å². The van der Waals surface area contributed by atoms with Crippen LogP contribution in [0.1, 0.15) is 23.4 Å². The highest BCUT2D eigenvalue weighted by Crippen LogP contribution is 2.19. The zero-order chi connectivity index (χ0) is 19.3. The Balaban J connectivity index is 1.33. The molecule has 1 aromatic heterocycles. The minimum absolute atomic E-state index is 0.0389. The molecule has 1 heterocycles. The molecule has 0 aliphatic carbocycles. The van der Waals surface area contributed by atoms with Crippen molar-refractivity contribution in [1.29, 1.82) is 0 Å². The van der Waals surface area contributed by atoms with Gasteiger partial charge in [0.05, 0.1) is 0 Å². The maximum Gasteiger partial charge on any atom is 0.227 e. The summed E-state index contributed by atoms with van der Waals surface area (Å²) in [6.07, 6.45) is 0.723. The largest absolute Gasteiger partial charge is 0.352 e. The average Bonchev–Trinajstić information content (AvgIpc) is 3.20. The second-order valence-electron chi connectivity index (χ2n) is 6.79. The van der Waals surface area contributed by atoms with Gasteiger partial charge in [-0.1, -0.05) is 77.5 Å². The van der Waals surface area contributed by atoms with Crippen LogP contribution >= 0.6 is 0 Å². The van der Waals surface area contributed by atoms with Crippen LogP contribution in [0.15, 0.2) is 71.3 Å². The Morgan fingerprint density at radius 1 is 1.00 bits per heavy atom. The van der Waals surface area contributed by atoms with Gasteiger partial charge in [0.1, 0.15) is 0 Å². The topological polar surface area (TPSA) is 68.0 Å². The van der Waals surface area contributed by atoms with Crippen LogP contribution in [0.5, 0.6) is 0 Å². The van der Waals surface area contributed by atoms with Crippen LogP contribution in [0.4, 0.5) is 0 Å². The maximum atomic E-state index is 12.2. The van der Waals surface area contributed by atoms with Crippen molar-refractivity contribution in [3.63, 3.8) is 0 Å². The summed E-state index contributed by atoms with van der Waals surface area (Å²) in [5.41, 5.74) is 3.18. The molecule has 0 bridgehead atoms. The molecule has 0 atom stereocenters. The van der Waals surface area contributed by atoms with Gasteiger partial charge in [-0.05, 0) is 23.3 Å².